The second-order valence-electron chi connectivity index (χ2n) is 3.26. The molecule has 3 aliphatic rings. The molecule has 0 saturated carbocycles. The molecule has 2 nitrogen and oxygen atoms in total. The maximum atomic E-state index is 5.42. The van der Waals surface area contributed by atoms with Crippen LogP contribution < -0.4 is 0 Å². The Bertz CT molecular complexity index is 184. The zero-order valence-corrected chi connectivity index (χ0v) is 5.69. The molecule has 0 amide bonds. The van der Waals surface area contributed by atoms with Crippen molar-refractivity contribution in [2.24, 2.45) is 5.92 Å². The third-order valence-electron chi connectivity index (χ3n) is 2.55. The maximum Gasteiger partial charge on any atom is 0.103 e. The predicted molar refractivity (Wildman–Crippen MR) is 35.6 cm³/mol. The number of epoxide rings is 2. The van der Waals surface area contributed by atoms with Gasteiger partial charge in [0.2, 0.25) is 0 Å². The zero-order chi connectivity index (χ0) is 6.55. The summed E-state index contributed by atoms with van der Waals surface area (Å²) in [6.45, 7) is 0.963. The van der Waals surface area contributed by atoms with Crippen molar-refractivity contribution in [1.82, 2.24) is 0 Å². The number of hydrogen-bond acceptors (Lipinski definition) is 2. The van der Waals surface area contributed by atoms with Gasteiger partial charge in [0.15, 0.2) is 0 Å². The average Bonchev–Trinajstić information content (AvgIpc) is 2.83. The first-order valence-corrected chi connectivity index (χ1v) is 3.89. The molecule has 4 atom stereocenters. The fourth-order valence-electron chi connectivity index (χ4n) is 1.81. The molecule has 3 rings (SSSR count). The van der Waals surface area contributed by atoms with Crippen LogP contribution in [0.15, 0.2) is 12.2 Å². The van der Waals surface area contributed by atoms with Crippen molar-refractivity contribution in [2.75, 3.05) is 6.61 Å². The van der Waals surface area contributed by atoms with Crippen LogP contribution in [0.5, 0.6) is 0 Å². The fourth-order valence-corrected chi connectivity index (χ4v) is 1.81. The minimum absolute atomic E-state index is 0.447. The molecule has 4 unspecified atom stereocenters. The third kappa shape index (κ3) is 0.662. The Morgan fingerprint density at radius 1 is 1.40 bits per heavy atom. The van der Waals surface area contributed by atoms with Gasteiger partial charge in [-0.2, -0.15) is 0 Å². The summed E-state index contributed by atoms with van der Waals surface area (Å²) in [5.74, 6) is 0.676. The van der Waals surface area contributed by atoms with Gasteiger partial charge in [0.05, 0.1) is 18.8 Å². The molecule has 0 aromatic heterocycles. The standard InChI is InChI=1S/C8H10O2/c1-2-5(7-4-9-7)8-6(3-1)10-8/h1,3,5-8H,2,4H2. The minimum atomic E-state index is 0.447. The monoisotopic (exact) mass is 138 g/mol. The highest BCUT2D eigenvalue weighted by molar-refractivity contribution is 5.13. The van der Waals surface area contributed by atoms with E-state index in [1.54, 1.807) is 0 Å². The van der Waals surface area contributed by atoms with Crippen molar-refractivity contribution < 1.29 is 9.47 Å². The van der Waals surface area contributed by atoms with Gasteiger partial charge in [0.1, 0.15) is 6.10 Å². The lowest BCUT2D eigenvalue weighted by Crippen LogP contribution is -2.18. The lowest BCUT2D eigenvalue weighted by atomic mass is 9.92. The SMILES string of the molecule is C1=CC2OC2C(C2CO2)C1. The largest absolute Gasteiger partial charge is 0.373 e. The Hall–Kier alpha value is -0.340. The van der Waals surface area contributed by atoms with Gasteiger partial charge in [-0.15, -0.1) is 0 Å². The van der Waals surface area contributed by atoms with Crippen LogP contribution in [-0.2, 0) is 9.47 Å². The molecule has 0 aromatic rings. The van der Waals surface area contributed by atoms with E-state index in [1.807, 2.05) is 0 Å². The molecule has 2 heterocycles. The molecule has 0 N–H and O–H groups in total. The summed E-state index contributed by atoms with van der Waals surface area (Å²) in [5.41, 5.74) is 0. The Morgan fingerprint density at radius 2 is 2.30 bits per heavy atom. The van der Waals surface area contributed by atoms with Crippen molar-refractivity contribution in [2.45, 2.75) is 24.7 Å². The van der Waals surface area contributed by atoms with E-state index in [4.69, 9.17) is 9.47 Å². The van der Waals surface area contributed by atoms with Gasteiger partial charge in [-0.05, 0) is 6.42 Å². The van der Waals surface area contributed by atoms with E-state index >= 15 is 0 Å². The normalized spacial score (nSPS) is 56.0. The lowest BCUT2D eigenvalue weighted by molar-refractivity contribution is 0.265. The van der Waals surface area contributed by atoms with Gasteiger partial charge < -0.3 is 9.47 Å². The highest BCUT2D eigenvalue weighted by atomic mass is 16.6. The van der Waals surface area contributed by atoms with Gasteiger partial charge >= 0.3 is 0 Å². The van der Waals surface area contributed by atoms with Crippen molar-refractivity contribution in [3.8, 4) is 0 Å². The molecule has 10 heavy (non-hydrogen) atoms. The molecule has 2 fully saturated rings. The highest BCUT2D eigenvalue weighted by Gasteiger charge is 2.51. The van der Waals surface area contributed by atoms with Crippen LogP contribution in [-0.4, -0.2) is 24.9 Å². The van der Waals surface area contributed by atoms with Crippen molar-refractivity contribution in [1.29, 1.82) is 0 Å². The summed E-state index contributed by atoms with van der Waals surface area (Å²) < 4.78 is 10.7. The van der Waals surface area contributed by atoms with Crippen LogP contribution in [0.4, 0.5) is 0 Å². The first kappa shape index (κ1) is 5.33. The fraction of sp³-hybridized carbons (Fsp3) is 0.750. The van der Waals surface area contributed by atoms with E-state index in [0.717, 1.165) is 13.0 Å². The van der Waals surface area contributed by atoms with Gasteiger partial charge in [-0.1, -0.05) is 12.2 Å². The summed E-state index contributed by atoms with van der Waals surface area (Å²) in [6.07, 6.45) is 7.04. The number of hydrogen-bond donors (Lipinski definition) is 0. The van der Waals surface area contributed by atoms with E-state index in [1.165, 1.54) is 0 Å². The second-order valence-corrected chi connectivity index (χ2v) is 3.26. The summed E-state index contributed by atoms with van der Waals surface area (Å²) in [6, 6.07) is 0. The number of allylic oxidation sites excluding steroid dienone is 1. The van der Waals surface area contributed by atoms with Gasteiger partial charge in [0.25, 0.3) is 0 Å². The van der Waals surface area contributed by atoms with E-state index in [0.29, 0.717) is 24.2 Å². The number of fused-ring (bicyclic) bond motifs is 1. The van der Waals surface area contributed by atoms with Gasteiger partial charge in [-0.25, -0.2) is 0 Å². The van der Waals surface area contributed by atoms with E-state index < -0.39 is 0 Å². The molecule has 2 aliphatic heterocycles. The smallest absolute Gasteiger partial charge is 0.103 e. The van der Waals surface area contributed by atoms with Crippen LogP contribution in [0, 0.1) is 5.92 Å². The predicted octanol–water partition coefficient (Wildman–Crippen LogP) is 0.729. The highest BCUT2D eigenvalue weighted by Crippen LogP contribution is 2.42. The van der Waals surface area contributed by atoms with Gasteiger partial charge in [-0.3, -0.25) is 0 Å². The Kier molecular flexibility index (Phi) is 0.868. The van der Waals surface area contributed by atoms with Crippen molar-refractivity contribution in [3.05, 3.63) is 12.2 Å². The molecule has 2 saturated heterocycles. The van der Waals surface area contributed by atoms with Crippen LogP contribution in [0.25, 0.3) is 0 Å². The maximum absolute atomic E-state index is 5.42. The zero-order valence-electron chi connectivity index (χ0n) is 5.69. The molecular formula is C8H10O2. The molecule has 54 valence electrons. The topological polar surface area (TPSA) is 25.1 Å². The quantitative estimate of drug-likeness (QED) is 0.394. The number of ether oxygens (including phenoxy) is 2. The second kappa shape index (κ2) is 1.63. The average molecular weight is 138 g/mol. The molecule has 0 aromatic carbocycles. The minimum Gasteiger partial charge on any atom is -0.373 e. The molecule has 0 spiro atoms. The number of rotatable bonds is 1. The molecular weight excluding hydrogens is 128 g/mol. The van der Waals surface area contributed by atoms with Gasteiger partial charge in [0, 0.05) is 5.92 Å². The van der Waals surface area contributed by atoms with Crippen LogP contribution >= 0.6 is 0 Å². The van der Waals surface area contributed by atoms with Crippen molar-refractivity contribution in [3.63, 3.8) is 0 Å². The lowest BCUT2D eigenvalue weighted by Gasteiger charge is -2.10. The molecule has 1 aliphatic carbocycles. The molecule has 2 heteroatoms. The van der Waals surface area contributed by atoms with Crippen LogP contribution in [0.3, 0.4) is 0 Å². The Labute approximate surface area is 59.8 Å². The van der Waals surface area contributed by atoms with Crippen LogP contribution in [0.1, 0.15) is 6.42 Å². The van der Waals surface area contributed by atoms with Crippen molar-refractivity contribution >= 4 is 0 Å². The summed E-state index contributed by atoms with van der Waals surface area (Å²) >= 11 is 0. The summed E-state index contributed by atoms with van der Waals surface area (Å²) in [5, 5.41) is 0. The summed E-state index contributed by atoms with van der Waals surface area (Å²) in [4.78, 5) is 0. The first-order valence-electron chi connectivity index (χ1n) is 3.89. The van der Waals surface area contributed by atoms with Crippen LogP contribution in [0.2, 0.25) is 0 Å². The van der Waals surface area contributed by atoms with E-state index in [-0.39, 0.29) is 0 Å². The first-order chi connectivity index (χ1) is 4.95. The molecule has 0 radical (unpaired) electrons. The Balaban J connectivity index is 1.79. The van der Waals surface area contributed by atoms with E-state index in [9.17, 15) is 0 Å². The third-order valence-corrected chi connectivity index (χ3v) is 2.55. The summed E-state index contributed by atoms with van der Waals surface area (Å²) in [7, 11) is 0. The Morgan fingerprint density at radius 3 is 3.10 bits per heavy atom. The molecule has 0 bridgehead atoms. The van der Waals surface area contributed by atoms with E-state index in [2.05, 4.69) is 12.2 Å².